The molecule has 0 radical (unpaired) electrons. The van der Waals surface area contributed by atoms with E-state index in [1.165, 1.54) is 5.56 Å². The van der Waals surface area contributed by atoms with Crippen molar-refractivity contribution in [2.45, 2.75) is 79.5 Å². The van der Waals surface area contributed by atoms with Gasteiger partial charge in [0.05, 0.1) is 6.61 Å². The van der Waals surface area contributed by atoms with Gasteiger partial charge in [-0.25, -0.2) is 0 Å². The van der Waals surface area contributed by atoms with Crippen molar-refractivity contribution in [1.82, 2.24) is 0 Å². The lowest BCUT2D eigenvalue weighted by Gasteiger charge is -2.09. The molecule has 1 unspecified atom stereocenters. The molecule has 160 valence electrons. The number of furan rings is 1. The van der Waals surface area contributed by atoms with E-state index in [-0.39, 0.29) is 12.5 Å². The van der Waals surface area contributed by atoms with Crippen molar-refractivity contribution < 1.29 is 27.8 Å². The maximum atomic E-state index is 9.91. The van der Waals surface area contributed by atoms with Gasteiger partial charge in [0, 0.05) is 5.92 Å². The molecule has 6 heteroatoms. The summed E-state index contributed by atoms with van der Waals surface area (Å²) in [6.45, 7) is 18.0. The molecule has 27 heavy (non-hydrogen) atoms. The summed E-state index contributed by atoms with van der Waals surface area (Å²) >= 11 is 0. The van der Waals surface area contributed by atoms with Crippen LogP contribution in [0.5, 0.6) is 0 Å². The second-order valence-corrected chi connectivity index (χ2v) is 5.82. The molecule has 0 spiro atoms. The molecular weight excluding hydrogens is 357 g/mol. The number of halogens is 3. The van der Waals surface area contributed by atoms with E-state index in [0.29, 0.717) is 5.92 Å². The predicted molar refractivity (Wildman–Crippen MR) is 107 cm³/mol. The lowest BCUT2D eigenvalue weighted by atomic mass is 9.98. The zero-order chi connectivity index (χ0) is 22.0. The molecule has 2 N–H and O–H groups in total. The van der Waals surface area contributed by atoms with Crippen LogP contribution in [0.3, 0.4) is 0 Å². The van der Waals surface area contributed by atoms with Gasteiger partial charge in [0.1, 0.15) is 11.5 Å². The summed E-state index contributed by atoms with van der Waals surface area (Å²) in [6, 6.07) is 2.06. The lowest BCUT2D eigenvalue weighted by molar-refractivity contribution is -0.295. The van der Waals surface area contributed by atoms with E-state index in [9.17, 15) is 13.2 Å². The summed E-state index contributed by atoms with van der Waals surface area (Å²) in [5.74, 6) is 2.43. The van der Waals surface area contributed by atoms with Crippen molar-refractivity contribution >= 4 is 0 Å². The van der Waals surface area contributed by atoms with Gasteiger partial charge < -0.3 is 14.6 Å². The average molecular weight is 395 g/mol. The largest absolute Gasteiger partial charge is 0.519 e. The second kappa shape index (κ2) is 17.9. The maximum absolute atomic E-state index is 9.91. The van der Waals surface area contributed by atoms with E-state index < -0.39 is 6.36 Å². The van der Waals surface area contributed by atoms with Crippen LogP contribution in [0.4, 0.5) is 13.2 Å². The maximum Gasteiger partial charge on any atom is 0.519 e. The summed E-state index contributed by atoms with van der Waals surface area (Å²) < 4.78 is 35.3. The fourth-order valence-corrected chi connectivity index (χ4v) is 1.85. The molecule has 0 saturated carbocycles. The van der Waals surface area contributed by atoms with Crippen LogP contribution < -0.4 is 0 Å². The highest BCUT2D eigenvalue weighted by molar-refractivity contribution is 5.27. The van der Waals surface area contributed by atoms with Crippen molar-refractivity contribution in [3.05, 3.63) is 48.0 Å². The normalized spacial score (nSPS) is 11.6. The Morgan fingerprint density at radius 3 is 2.00 bits per heavy atom. The SMILES string of the molecule is C=CCC/C=C\C.CC.Cc1cc(C(C)C)c(C(C)CO)o1.OC(F)(F)F. The van der Waals surface area contributed by atoms with Gasteiger partial charge in [-0.1, -0.05) is 52.8 Å². The van der Waals surface area contributed by atoms with Gasteiger partial charge in [-0.2, -0.15) is 0 Å². The summed E-state index contributed by atoms with van der Waals surface area (Å²) in [5, 5.41) is 15.6. The first-order valence-corrected chi connectivity index (χ1v) is 9.20. The van der Waals surface area contributed by atoms with Crippen molar-refractivity contribution in [3.63, 3.8) is 0 Å². The molecule has 1 aromatic heterocycles. The first-order chi connectivity index (χ1) is 12.5. The fraction of sp³-hybridized carbons (Fsp3) is 0.619. The van der Waals surface area contributed by atoms with Crippen LogP contribution in [-0.2, 0) is 0 Å². The van der Waals surface area contributed by atoms with E-state index >= 15 is 0 Å². The average Bonchev–Trinajstić information content (AvgIpc) is 2.98. The lowest BCUT2D eigenvalue weighted by Crippen LogP contribution is -2.01. The van der Waals surface area contributed by atoms with Crippen molar-refractivity contribution in [2.24, 2.45) is 0 Å². The summed E-state index contributed by atoms with van der Waals surface area (Å²) in [7, 11) is 0. The molecule has 1 rings (SSSR count). The van der Waals surface area contributed by atoms with Crippen molar-refractivity contribution in [2.75, 3.05) is 6.61 Å². The third kappa shape index (κ3) is 20.6. The summed E-state index contributed by atoms with van der Waals surface area (Å²) in [4.78, 5) is 0. The van der Waals surface area contributed by atoms with Crippen LogP contribution in [0.15, 0.2) is 35.3 Å². The molecule has 1 atom stereocenters. The minimum absolute atomic E-state index is 0.103. The van der Waals surface area contributed by atoms with Gasteiger partial charge in [0.25, 0.3) is 0 Å². The highest BCUT2D eigenvalue weighted by atomic mass is 19.4. The summed E-state index contributed by atoms with van der Waals surface area (Å²) in [6.07, 6.45) is 3.37. The van der Waals surface area contributed by atoms with Gasteiger partial charge in [0.2, 0.25) is 0 Å². The monoisotopic (exact) mass is 394 g/mol. The minimum Gasteiger partial charge on any atom is -0.466 e. The van der Waals surface area contributed by atoms with Gasteiger partial charge >= 0.3 is 6.36 Å². The molecular formula is C21H37F3O3. The van der Waals surface area contributed by atoms with Crippen LogP contribution >= 0.6 is 0 Å². The number of rotatable bonds is 6. The van der Waals surface area contributed by atoms with Crippen LogP contribution in [0.25, 0.3) is 0 Å². The molecule has 1 heterocycles. The second-order valence-electron chi connectivity index (χ2n) is 5.82. The number of aliphatic hydroxyl groups excluding tert-OH is 1. The Bertz CT molecular complexity index is 483. The van der Waals surface area contributed by atoms with Crippen LogP contribution in [0.1, 0.15) is 83.3 Å². The molecule has 0 amide bonds. The number of hydrogen-bond acceptors (Lipinski definition) is 3. The van der Waals surface area contributed by atoms with Gasteiger partial charge in [-0.3, -0.25) is 0 Å². The molecule has 3 nitrogen and oxygen atoms in total. The molecule has 1 aromatic rings. The van der Waals surface area contributed by atoms with Crippen LogP contribution in [0.2, 0.25) is 0 Å². The van der Waals surface area contributed by atoms with Gasteiger partial charge in [-0.15, -0.1) is 19.8 Å². The summed E-state index contributed by atoms with van der Waals surface area (Å²) in [5.41, 5.74) is 1.22. The molecule has 0 bridgehead atoms. The quantitative estimate of drug-likeness (QED) is 0.409. The van der Waals surface area contributed by atoms with E-state index in [1.54, 1.807) is 0 Å². The topological polar surface area (TPSA) is 53.6 Å². The van der Waals surface area contributed by atoms with Crippen LogP contribution in [-0.4, -0.2) is 23.2 Å². The van der Waals surface area contributed by atoms with E-state index in [1.807, 2.05) is 40.7 Å². The van der Waals surface area contributed by atoms with E-state index in [2.05, 4.69) is 38.6 Å². The smallest absolute Gasteiger partial charge is 0.466 e. The molecule has 0 aliphatic heterocycles. The standard InChI is InChI=1S/C11H18O2.C7H12.C2H6.CHF3O/c1-7(2)10-5-9(4)13-11(10)8(3)6-12;1-3-5-7-6-4-2;1-2;2-1(3,4)5/h5,7-8,12H,6H2,1-4H3;3-4,6H,1,5,7H2,2H3;1-2H3;5H/b;6-4-;;. The zero-order valence-electron chi connectivity index (χ0n) is 17.7. The zero-order valence-corrected chi connectivity index (χ0v) is 17.7. The van der Waals surface area contributed by atoms with Gasteiger partial charge in [-0.05, 0) is 44.2 Å². The Morgan fingerprint density at radius 2 is 1.67 bits per heavy atom. The molecule has 0 aromatic carbocycles. The fourth-order valence-electron chi connectivity index (χ4n) is 1.85. The molecule has 0 fully saturated rings. The van der Waals surface area contributed by atoms with E-state index in [0.717, 1.165) is 24.4 Å². The number of alkyl halides is 3. The van der Waals surface area contributed by atoms with E-state index in [4.69, 9.17) is 14.6 Å². The van der Waals surface area contributed by atoms with Crippen LogP contribution in [0, 0.1) is 6.92 Å². The third-order valence-electron chi connectivity index (χ3n) is 3.03. The highest BCUT2D eigenvalue weighted by Crippen LogP contribution is 2.28. The van der Waals surface area contributed by atoms with Crippen molar-refractivity contribution in [1.29, 1.82) is 0 Å². The highest BCUT2D eigenvalue weighted by Gasteiger charge is 2.20. The number of unbranched alkanes of at least 4 members (excludes halogenated alkanes) is 1. The Kier molecular flexibility index (Phi) is 20.0. The first kappa shape index (κ1) is 30.2. The number of hydrogen-bond donors (Lipinski definition) is 2. The first-order valence-electron chi connectivity index (χ1n) is 9.20. The third-order valence-corrected chi connectivity index (χ3v) is 3.03. The number of aliphatic hydroxyl groups is 2. The number of aryl methyl sites for hydroxylation is 1. The molecule has 0 aliphatic carbocycles. The molecule has 0 aliphatic rings. The predicted octanol–water partition coefficient (Wildman–Crippen LogP) is 6.86. The van der Waals surface area contributed by atoms with Crippen molar-refractivity contribution in [3.8, 4) is 0 Å². The Balaban J connectivity index is -0.000000348. The minimum atomic E-state index is -5.00. The molecule has 0 saturated heterocycles. The number of allylic oxidation sites excluding steroid dienone is 3. The Morgan fingerprint density at radius 1 is 1.19 bits per heavy atom. The Labute approximate surface area is 162 Å². The van der Waals surface area contributed by atoms with Gasteiger partial charge in [0.15, 0.2) is 0 Å². The Hall–Kier alpha value is -1.53.